The number of sulfonamides is 1. The Morgan fingerprint density at radius 2 is 1.76 bits per heavy atom. The zero-order valence-corrected chi connectivity index (χ0v) is 14.0. The summed E-state index contributed by atoms with van der Waals surface area (Å²) in [6.45, 7) is 0.139. The molecule has 0 fully saturated rings. The summed E-state index contributed by atoms with van der Waals surface area (Å²) in [5.74, 6) is 0.194. The lowest BCUT2D eigenvalue weighted by Gasteiger charge is -2.05. The van der Waals surface area contributed by atoms with Gasteiger partial charge in [-0.05, 0) is 17.7 Å². The number of aromatic nitrogens is 2. The molecule has 1 N–H and O–H groups in total. The van der Waals surface area contributed by atoms with E-state index < -0.39 is 15.8 Å². The Morgan fingerprint density at radius 3 is 2.48 bits per heavy atom. The fourth-order valence-electron chi connectivity index (χ4n) is 2.23. The highest BCUT2D eigenvalue weighted by Gasteiger charge is 2.13. The van der Waals surface area contributed by atoms with Crippen LogP contribution >= 0.6 is 0 Å². The van der Waals surface area contributed by atoms with Gasteiger partial charge in [0.15, 0.2) is 0 Å². The van der Waals surface area contributed by atoms with E-state index in [0.717, 1.165) is 5.56 Å². The second-order valence-corrected chi connectivity index (χ2v) is 7.21. The van der Waals surface area contributed by atoms with Gasteiger partial charge < -0.3 is 4.52 Å². The van der Waals surface area contributed by atoms with Crippen molar-refractivity contribution < 1.29 is 17.3 Å². The molecule has 130 valence electrons. The van der Waals surface area contributed by atoms with Crippen LogP contribution in [0.5, 0.6) is 0 Å². The summed E-state index contributed by atoms with van der Waals surface area (Å²) < 4.78 is 44.5. The zero-order chi connectivity index (χ0) is 17.7. The molecule has 3 rings (SSSR count). The van der Waals surface area contributed by atoms with Gasteiger partial charge in [-0.25, -0.2) is 17.5 Å². The van der Waals surface area contributed by atoms with Crippen molar-refractivity contribution in [1.82, 2.24) is 14.9 Å². The molecular formula is C17H16FN3O3S. The third-order valence-electron chi connectivity index (χ3n) is 3.43. The summed E-state index contributed by atoms with van der Waals surface area (Å²) in [6.07, 6.45) is 0.280. The molecule has 0 atom stereocenters. The summed E-state index contributed by atoms with van der Waals surface area (Å²) in [5.41, 5.74) is 1.34. The molecule has 0 aliphatic rings. The van der Waals surface area contributed by atoms with Gasteiger partial charge >= 0.3 is 0 Å². The highest BCUT2D eigenvalue weighted by Crippen LogP contribution is 2.14. The van der Waals surface area contributed by atoms with Crippen molar-refractivity contribution in [2.75, 3.05) is 6.54 Å². The van der Waals surface area contributed by atoms with E-state index in [2.05, 4.69) is 14.9 Å². The number of hydrogen-bond donors (Lipinski definition) is 1. The predicted molar refractivity (Wildman–Crippen MR) is 90.5 cm³/mol. The topological polar surface area (TPSA) is 85.1 Å². The fourth-order valence-corrected chi connectivity index (χ4v) is 3.37. The quantitative estimate of drug-likeness (QED) is 0.699. The average molecular weight is 361 g/mol. The van der Waals surface area contributed by atoms with E-state index >= 15 is 0 Å². The largest absolute Gasteiger partial charge is 0.339 e. The second kappa shape index (κ2) is 7.54. The normalized spacial score (nSPS) is 11.6. The Labute approximate surface area is 144 Å². The van der Waals surface area contributed by atoms with Crippen molar-refractivity contribution in [1.29, 1.82) is 0 Å². The van der Waals surface area contributed by atoms with Crippen molar-refractivity contribution in [3.8, 4) is 11.4 Å². The van der Waals surface area contributed by atoms with Gasteiger partial charge in [-0.3, -0.25) is 0 Å². The van der Waals surface area contributed by atoms with E-state index in [9.17, 15) is 12.8 Å². The van der Waals surface area contributed by atoms with Gasteiger partial charge in [0, 0.05) is 18.5 Å². The molecule has 6 nitrogen and oxygen atoms in total. The molecule has 0 amide bonds. The van der Waals surface area contributed by atoms with Crippen LogP contribution in [0.1, 0.15) is 11.5 Å². The lowest BCUT2D eigenvalue weighted by atomic mass is 10.2. The molecule has 3 aromatic rings. The molecule has 0 spiro atoms. The van der Waals surface area contributed by atoms with E-state index in [1.165, 1.54) is 24.3 Å². The molecule has 1 heterocycles. The number of benzene rings is 2. The molecule has 0 radical (unpaired) electrons. The van der Waals surface area contributed by atoms with Crippen molar-refractivity contribution in [3.05, 3.63) is 71.9 Å². The minimum Gasteiger partial charge on any atom is -0.339 e. The Bertz CT molecular complexity index is 925. The van der Waals surface area contributed by atoms with E-state index in [-0.39, 0.29) is 18.7 Å². The number of halogens is 1. The number of nitrogens with zero attached hydrogens (tertiary/aromatic N) is 2. The molecule has 0 unspecified atom stereocenters. The van der Waals surface area contributed by atoms with Gasteiger partial charge in [0.2, 0.25) is 21.7 Å². The van der Waals surface area contributed by atoms with Crippen LogP contribution in [0.3, 0.4) is 0 Å². The van der Waals surface area contributed by atoms with Crippen LogP contribution in [-0.4, -0.2) is 25.1 Å². The highest BCUT2D eigenvalue weighted by atomic mass is 32.2. The van der Waals surface area contributed by atoms with Crippen LogP contribution in [-0.2, 0) is 22.2 Å². The van der Waals surface area contributed by atoms with Crippen LogP contribution in [0.4, 0.5) is 4.39 Å². The number of nitrogens with one attached hydrogen (secondary N) is 1. The lowest BCUT2D eigenvalue weighted by molar-refractivity contribution is 0.379. The van der Waals surface area contributed by atoms with E-state index in [0.29, 0.717) is 17.3 Å². The SMILES string of the molecule is O=S(=O)(Cc1ccc(F)cc1)NCCc1nc(-c2ccccc2)no1. The van der Waals surface area contributed by atoms with E-state index in [1.54, 1.807) is 0 Å². The molecule has 25 heavy (non-hydrogen) atoms. The van der Waals surface area contributed by atoms with E-state index in [1.807, 2.05) is 30.3 Å². The molecule has 2 aromatic carbocycles. The van der Waals surface area contributed by atoms with Gasteiger partial charge in [0.1, 0.15) is 5.82 Å². The first-order chi connectivity index (χ1) is 12.0. The van der Waals surface area contributed by atoms with Gasteiger partial charge in [-0.1, -0.05) is 47.6 Å². The molecule has 8 heteroatoms. The number of hydrogen-bond acceptors (Lipinski definition) is 5. The zero-order valence-electron chi connectivity index (χ0n) is 13.2. The molecule has 0 saturated carbocycles. The maximum Gasteiger partial charge on any atom is 0.228 e. The standard InChI is InChI=1S/C17H16FN3O3S/c18-15-8-6-13(7-9-15)12-25(22,23)19-11-10-16-20-17(21-24-16)14-4-2-1-3-5-14/h1-9,19H,10-12H2. The van der Waals surface area contributed by atoms with Gasteiger partial charge in [0.25, 0.3) is 0 Å². The van der Waals surface area contributed by atoms with Gasteiger partial charge in [-0.15, -0.1) is 0 Å². The first-order valence-corrected chi connectivity index (χ1v) is 9.27. The Morgan fingerprint density at radius 1 is 1.04 bits per heavy atom. The van der Waals surface area contributed by atoms with Crippen LogP contribution in [0.2, 0.25) is 0 Å². The maximum absolute atomic E-state index is 12.8. The molecule has 0 bridgehead atoms. The monoisotopic (exact) mass is 361 g/mol. The van der Waals surface area contributed by atoms with Gasteiger partial charge in [-0.2, -0.15) is 4.98 Å². The fraction of sp³-hybridized carbons (Fsp3) is 0.176. The Hall–Kier alpha value is -2.58. The third-order valence-corrected chi connectivity index (χ3v) is 4.79. The molecule has 1 aromatic heterocycles. The smallest absolute Gasteiger partial charge is 0.228 e. The lowest BCUT2D eigenvalue weighted by Crippen LogP contribution is -2.27. The maximum atomic E-state index is 12.8. The highest BCUT2D eigenvalue weighted by molar-refractivity contribution is 7.88. The summed E-state index contributed by atoms with van der Waals surface area (Å²) >= 11 is 0. The van der Waals surface area contributed by atoms with E-state index in [4.69, 9.17) is 4.52 Å². The minimum absolute atomic E-state index is 0.139. The molecule has 0 saturated heterocycles. The van der Waals surface area contributed by atoms with Crippen molar-refractivity contribution in [3.63, 3.8) is 0 Å². The predicted octanol–water partition coefficient (Wildman–Crippen LogP) is 2.54. The van der Waals surface area contributed by atoms with Crippen molar-refractivity contribution in [2.45, 2.75) is 12.2 Å². The summed E-state index contributed by atoms with van der Waals surface area (Å²) in [7, 11) is -3.53. The Balaban J connectivity index is 1.54. The third kappa shape index (κ3) is 4.94. The minimum atomic E-state index is -3.53. The van der Waals surface area contributed by atoms with Crippen LogP contribution in [0.15, 0.2) is 59.1 Å². The van der Waals surface area contributed by atoms with Crippen molar-refractivity contribution in [2.24, 2.45) is 0 Å². The second-order valence-electron chi connectivity index (χ2n) is 5.41. The van der Waals surface area contributed by atoms with Crippen LogP contribution < -0.4 is 4.72 Å². The number of rotatable bonds is 7. The van der Waals surface area contributed by atoms with Crippen molar-refractivity contribution >= 4 is 10.0 Å². The average Bonchev–Trinajstić information content (AvgIpc) is 3.06. The van der Waals surface area contributed by atoms with Crippen LogP contribution in [0, 0.1) is 5.82 Å². The molecule has 0 aliphatic carbocycles. The molecule has 0 aliphatic heterocycles. The Kier molecular flexibility index (Phi) is 5.20. The van der Waals surface area contributed by atoms with Gasteiger partial charge in [0.05, 0.1) is 5.75 Å². The summed E-state index contributed by atoms with van der Waals surface area (Å²) in [6, 6.07) is 14.7. The summed E-state index contributed by atoms with van der Waals surface area (Å²) in [5, 5.41) is 3.88. The first-order valence-electron chi connectivity index (χ1n) is 7.62. The van der Waals surface area contributed by atoms with Crippen LogP contribution in [0.25, 0.3) is 11.4 Å². The summed E-state index contributed by atoms with van der Waals surface area (Å²) in [4.78, 5) is 4.24. The first kappa shape index (κ1) is 17.2. The molecular weight excluding hydrogens is 345 g/mol.